The molecule has 0 fully saturated rings. The van der Waals surface area contributed by atoms with E-state index in [1.807, 2.05) is 0 Å². The summed E-state index contributed by atoms with van der Waals surface area (Å²) < 4.78 is 25.3. The van der Waals surface area contributed by atoms with E-state index in [0.29, 0.717) is 5.56 Å². The summed E-state index contributed by atoms with van der Waals surface area (Å²) in [5.74, 6) is 5.01. The topological polar surface area (TPSA) is 105 Å². The smallest absolute Gasteiger partial charge is 0.245 e. The molecule has 102 valence electrons. The molecule has 1 N–H and O–H groups in total. The van der Waals surface area contributed by atoms with Crippen LogP contribution in [0.5, 0.6) is 0 Å². The molecular weight excluding hydrogens is 278 g/mol. The molecule has 6 nitrogen and oxygen atoms in total. The number of benzene rings is 1. The third-order valence-electron chi connectivity index (χ3n) is 2.28. The van der Waals surface area contributed by atoms with E-state index >= 15 is 0 Å². The molecule has 0 atom stereocenters. The maximum atomic E-state index is 12.3. The van der Waals surface area contributed by atoms with Gasteiger partial charge in [0.1, 0.15) is 19.7 Å². The van der Waals surface area contributed by atoms with Gasteiger partial charge >= 0.3 is 0 Å². The fourth-order valence-corrected chi connectivity index (χ4v) is 2.69. The Hall–Kier alpha value is -2.37. The number of sulfonamides is 1. The Bertz CT molecular complexity index is 702. The molecule has 0 aliphatic heterocycles. The molecule has 0 saturated carbocycles. The quantitative estimate of drug-likeness (QED) is 0.623. The largest absolute Gasteiger partial charge is 0.384 e. The normalized spacial score (nSPS) is 10.2. The van der Waals surface area contributed by atoms with Gasteiger partial charge < -0.3 is 5.11 Å². The average Bonchev–Trinajstić information content (AvgIpc) is 2.45. The molecule has 0 radical (unpaired) electrons. The molecular formula is C13H11N3O3S. The minimum atomic E-state index is -3.91. The Morgan fingerprint density at radius 1 is 1.20 bits per heavy atom. The second-order valence-corrected chi connectivity index (χ2v) is 5.51. The molecule has 0 amide bonds. The van der Waals surface area contributed by atoms with E-state index in [-0.39, 0.29) is 11.5 Å². The Morgan fingerprint density at radius 2 is 1.85 bits per heavy atom. The second-order valence-electron chi connectivity index (χ2n) is 3.58. The molecule has 0 bridgehead atoms. The van der Waals surface area contributed by atoms with Crippen LogP contribution in [0.25, 0.3) is 0 Å². The Morgan fingerprint density at radius 3 is 2.40 bits per heavy atom. The highest BCUT2D eigenvalue weighted by Gasteiger charge is 2.24. The molecule has 0 saturated heterocycles. The minimum absolute atomic E-state index is 0.0484. The van der Waals surface area contributed by atoms with Crippen LogP contribution in [-0.4, -0.2) is 37.5 Å². The lowest BCUT2D eigenvalue weighted by atomic mass is 10.2. The van der Waals surface area contributed by atoms with Crippen LogP contribution in [0.15, 0.2) is 29.2 Å². The molecule has 0 heterocycles. The number of aliphatic hydroxyl groups is 1. The van der Waals surface area contributed by atoms with Crippen LogP contribution in [-0.2, 0) is 10.0 Å². The van der Waals surface area contributed by atoms with E-state index in [2.05, 4.69) is 11.8 Å². The van der Waals surface area contributed by atoms with Crippen LogP contribution in [0.4, 0.5) is 0 Å². The lowest BCUT2D eigenvalue weighted by molar-refractivity contribution is 0.350. The summed E-state index contributed by atoms with van der Waals surface area (Å²) in [6.45, 7) is -1.13. The summed E-state index contributed by atoms with van der Waals surface area (Å²) in [6.07, 6.45) is 0. The monoisotopic (exact) mass is 289 g/mol. The second kappa shape index (κ2) is 7.28. The number of aliphatic hydroxyl groups excluding tert-OH is 1. The van der Waals surface area contributed by atoms with Crippen molar-refractivity contribution in [3.05, 3.63) is 29.8 Å². The van der Waals surface area contributed by atoms with Crippen molar-refractivity contribution in [3.8, 4) is 24.0 Å². The Balaban J connectivity index is 3.21. The fraction of sp³-hybridized carbons (Fsp3) is 0.231. The van der Waals surface area contributed by atoms with Gasteiger partial charge in [-0.05, 0) is 18.2 Å². The summed E-state index contributed by atoms with van der Waals surface area (Å²) >= 11 is 0. The first-order valence-corrected chi connectivity index (χ1v) is 6.94. The molecule has 0 spiro atoms. The Labute approximate surface area is 117 Å². The van der Waals surface area contributed by atoms with E-state index in [9.17, 15) is 8.42 Å². The van der Waals surface area contributed by atoms with Crippen LogP contribution in [0.1, 0.15) is 5.56 Å². The van der Waals surface area contributed by atoms with Crippen molar-refractivity contribution in [1.29, 1.82) is 10.5 Å². The maximum Gasteiger partial charge on any atom is 0.245 e. The predicted molar refractivity (Wildman–Crippen MR) is 70.4 cm³/mol. The molecule has 1 aromatic carbocycles. The van der Waals surface area contributed by atoms with Gasteiger partial charge in [0.15, 0.2) is 0 Å². The predicted octanol–water partition coefficient (Wildman–Crippen LogP) is 0.0683. The van der Waals surface area contributed by atoms with Crippen molar-refractivity contribution in [3.63, 3.8) is 0 Å². The number of rotatable bonds is 4. The molecule has 7 heteroatoms. The van der Waals surface area contributed by atoms with Crippen LogP contribution >= 0.6 is 0 Å². The van der Waals surface area contributed by atoms with E-state index in [0.717, 1.165) is 4.31 Å². The minimum Gasteiger partial charge on any atom is -0.384 e. The van der Waals surface area contributed by atoms with Gasteiger partial charge in [-0.3, -0.25) is 0 Å². The summed E-state index contributed by atoms with van der Waals surface area (Å²) in [4.78, 5) is -0.0484. The lowest BCUT2D eigenvalue weighted by Gasteiger charge is -2.15. The highest BCUT2D eigenvalue weighted by molar-refractivity contribution is 7.89. The molecule has 20 heavy (non-hydrogen) atoms. The van der Waals surface area contributed by atoms with Gasteiger partial charge in [0.2, 0.25) is 10.0 Å². The van der Waals surface area contributed by atoms with E-state index in [1.165, 1.54) is 18.2 Å². The van der Waals surface area contributed by atoms with Gasteiger partial charge in [0.05, 0.1) is 17.0 Å². The summed E-state index contributed by atoms with van der Waals surface area (Å²) in [5.41, 5.74) is 0.425. The molecule has 0 aromatic heterocycles. The highest BCUT2D eigenvalue weighted by Crippen LogP contribution is 2.16. The third-order valence-corrected chi connectivity index (χ3v) is 4.07. The number of nitriles is 2. The summed E-state index contributed by atoms with van der Waals surface area (Å²) in [5, 5.41) is 25.9. The lowest BCUT2D eigenvalue weighted by Crippen LogP contribution is -2.31. The zero-order chi connectivity index (χ0) is 15.0. The average molecular weight is 289 g/mol. The van der Waals surface area contributed by atoms with E-state index < -0.39 is 23.1 Å². The van der Waals surface area contributed by atoms with Crippen molar-refractivity contribution >= 4 is 10.0 Å². The number of nitrogens with zero attached hydrogens (tertiary/aromatic N) is 3. The first-order valence-electron chi connectivity index (χ1n) is 5.50. The van der Waals surface area contributed by atoms with E-state index in [4.69, 9.17) is 15.6 Å². The molecule has 0 unspecified atom stereocenters. The Kier molecular flexibility index (Phi) is 5.71. The zero-order valence-corrected chi connectivity index (χ0v) is 11.3. The van der Waals surface area contributed by atoms with Crippen molar-refractivity contribution in [2.75, 3.05) is 19.7 Å². The molecule has 1 rings (SSSR count). The number of hydrogen-bond donors (Lipinski definition) is 1. The first kappa shape index (κ1) is 15.7. The van der Waals surface area contributed by atoms with E-state index in [1.54, 1.807) is 18.2 Å². The first-order chi connectivity index (χ1) is 9.56. The van der Waals surface area contributed by atoms with Crippen molar-refractivity contribution in [2.45, 2.75) is 4.90 Å². The number of hydrogen-bond acceptors (Lipinski definition) is 5. The summed E-state index contributed by atoms with van der Waals surface area (Å²) in [6, 6.07) is 9.22. The van der Waals surface area contributed by atoms with Crippen molar-refractivity contribution in [2.24, 2.45) is 0 Å². The van der Waals surface area contributed by atoms with Crippen LogP contribution in [0, 0.1) is 34.5 Å². The zero-order valence-electron chi connectivity index (χ0n) is 10.4. The van der Waals surface area contributed by atoms with Crippen LogP contribution < -0.4 is 0 Å². The van der Waals surface area contributed by atoms with Crippen molar-refractivity contribution in [1.82, 2.24) is 4.31 Å². The fourth-order valence-electron chi connectivity index (χ4n) is 1.41. The third kappa shape index (κ3) is 3.81. The maximum absolute atomic E-state index is 12.3. The van der Waals surface area contributed by atoms with Crippen molar-refractivity contribution < 1.29 is 13.5 Å². The SMILES string of the molecule is N#CCN(CC#N)S(=O)(=O)c1cccc(C#CCO)c1. The van der Waals surface area contributed by atoms with Gasteiger partial charge in [0, 0.05) is 5.56 Å². The van der Waals surface area contributed by atoms with Gasteiger partial charge in [-0.2, -0.15) is 14.8 Å². The molecule has 1 aromatic rings. The van der Waals surface area contributed by atoms with Gasteiger partial charge in [-0.1, -0.05) is 17.9 Å². The summed E-state index contributed by atoms with van der Waals surface area (Å²) in [7, 11) is -3.91. The van der Waals surface area contributed by atoms with Gasteiger partial charge in [-0.15, -0.1) is 0 Å². The van der Waals surface area contributed by atoms with Gasteiger partial charge in [0.25, 0.3) is 0 Å². The van der Waals surface area contributed by atoms with Crippen LogP contribution in [0.3, 0.4) is 0 Å². The molecule has 0 aliphatic rings. The van der Waals surface area contributed by atoms with Crippen LogP contribution in [0.2, 0.25) is 0 Å². The highest BCUT2D eigenvalue weighted by atomic mass is 32.2. The molecule has 0 aliphatic carbocycles. The standard InChI is InChI=1S/C13H11N3O3S/c14-6-8-16(9-7-15)20(18,19)13-5-1-3-12(11-13)4-2-10-17/h1,3,5,11,17H,8-10H2. The van der Waals surface area contributed by atoms with Gasteiger partial charge in [-0.25, -0.2) is 8.42 Å².